The van der Waals surface area contributed by atoms with Crippen LogP contribution in [0.3, 0.4) is 0 Å². The molecule has 2 aliphatic heterocycles. The molecule has 2 saturated heterocycles. The summed E-state index contributed by atoms with van der Waals surface area (Å²) >= 11 is 0. The van der Waals surface area contributed by atoms with Crippen molar-refractivity contribution in [1.29, 1.82) is 0 Å². The van der Waals surface area contributed by atoms with Crippen LogP contribution in [0.5, 0.6) is 0 Å². The number of unbranched alkanes of at least 4 members (excludes halogenated alkanes) is 5. The van der Waals surface area contributed by atoms with Crippen molar-refractivity contribution in [2.24, 2.45) is 5.92 Å². The smallest absolute Gasteiger partial charge is 0.328 e. The van der Waals surface area contributed by atoms with Gasteiger partial charge in [0.1, 0.15) is 12.1 Å². The van der Waals surface area contributed by atoms with Crippen molar-refractivity contribution >= 4 is 18.0 Å². The minimum absolute atomic E-state index is 0.0329. The lowest BCUT2D eigenvalue weighted by Crippen LogP contribution is -2.27. The van der Waals surface area contributed by atoms with Crippen molar-refractivity contribution in [2.75, 3.05) is 6.54 Å². The SMILES string of the molecule is CCCCCCCCNC(=O)c1coc(C(c2cc(/C=C/C(=O)O)ccc2F)[C@H]2CC3CCC2O3)n1. The second-order valence-corrected chi connectivity index (χ2v) is 9.80. The molecule has 4 atom stereocenters. The number of hydrogen-bond donors (Lipinski definition) is 2. The molecule has 0 radical (unpaired) electrons. The number of fused-ring (bicyclic) bond motifs is 2. The third kappa shape index (κ3) is 6.40. The molecule has 7 nitrogen and oxygen atoms in total. The normalized spacial score (nSPS) is 21.8. The number of halogens is 1. The zero-order valence-electron chi connectivity index (χ0n) is 20.7. The van der Waals surface area contributed by atoms with Crippen LogP contribution in [0, 0.1) is 11.7 Å². The third-order valence-electron chi connectivity index (χ3n) is 7.19. The maximum Gasteiger partial charge on any atom is 0.328 e. The predicted molar refractivity (Wildman–Crippen MR) is 133 cm³/mol. The van der Waals surface area contributed by atoms with Crippen LogP contribution in [0.2, 0.25) is 0 Å². The van der Waals surface area contributed by atoms with E-state index in [1.165, 1.54) is 43.7 Å². The summed E-state index contributed by atoms with van der Waals surface area (Å²) in [7, 11) is 0. The summed E-state index contributed by atoms with van der Waals surface area (Å²) in [6.45, 7) is 2.76. The molecule has 0 saturated carbocycles. The molecule has 3 unspecified atom stereocenters. The fourth-order valence-electron chi connectivity index (χ4n) is 5.38. The molecule has 0 spiro atoms. The van der Waals surface area contributed by atoms with E-state index >= 15 is 4.39 Å². The Kier molecular flexibility index (Phi) is 8.91. The molecule has 3 heterocycles. The topological polar surface area (TPSA) is 102 Å². The first-order valence-electron chi connectivity index (χ1n) is 13.1. The number of carbonyl (C=O) groups is 2. The van der Waals surface area contributed by atoms with Crippen LogP contribution in [0.15, 0.2) is 35.0 Å². The van der Waals surface area contributed by atoms with Crippen LogP contribution in [-0.2, 0) is 9.53 Å². The molecule has 1 aromatic heterocycles. The van der Waals surface area contributed by atoms with Crippen LogP contribution in [0.1, 0.15) is 98.1 Å². The van der Waals surface area contributed by atoms with Gasteiger partial charge in [-0.2, -0.15) is 0 Å². The maximum atomic E-state index is 15.2. The number of nitrogens with one attached hydrogen (secondary N) is 1. The van der Waals surface area contributed by atoms with E-state index in [1.807, 2.05) is 0 Å². The molecule has 1 amide bonds. The number of oxazole rings is 1. The Morgan fingerprint density at radius 3 is 2.75 bits per heavy atom. The highest BCUT2D eigenvalue weighted by atomic mass is 19.1. The van der Waals surface area contributed by atoms with E-state index in [0.717, 1.165) is 44.6 Å². The molecule has 2 fully saturated rings. The molecule has 36 heavy (non-hydrogen) atoms. The standard InChI is InChI=1S/C28H35FN2O5/c1-2-3-4-5-6-7-14-30-27(34)23-17-35-28(31-23)26(21-16-19-10-12-24(21)36-19)20-15-18(8-11-22(20)29)9-13-25(32)33/h8-9,11,13,15,17,19,21,24,26H,2-7,10,12,14,16H2,1H3,(H,30,34)(H,32,33)/b13-9+/t19?,21-,24?,26?/m0/s1. The first-order valence-corrected chi connectivity index (χ1v) is 13.1. The highest BCUT2D eigenvalue weighted by Gasteiger charge is 2.47. The summed E-state index contributed by atoms with van der Waals surface area (Å²) in [5.74, 6) is -2.13. The highest BCUT2D eigenvalue weighted by Crippen LogP contribution is 2.48. The van der Waals surface area contributed by atoms with Gasteiger partial charge in [0.15, 0.2) is 5.69 Å². The molecule has 1 aromatic carbocycles. The van der Waals surface area contributed by atoms with Crippen molar-refractivity contribution in [2.45, 2.75) is 82.8 Å². The number of nitrogens with zero attached hydrogens (tertiary/aromatic N) is 1. The van der Waals surface area contributed by atoms with Gasteiger partial charge in [-0.05, 0) is 49.5 Å². The number of rotatable bonds is 13. The van der Waals surface area contributed by atoms with Crippen LogP contribution >= 0.6 is 0 Å². The first kappa shape index (κ1) is 26.1. The molecule has 2 aromatic rings. The molecule has 194 valence electrons. The third-order valence-corrected chi connectivity index (χ3v) is 7.19. The quantitative estimate of drug-likeness (QED) is 0.271. The second kappa shape index (κ2) is 12.3. The summed E-state index contributed by atoms with van der Waals surface area (Å²) in [6.07, 6.45) is 13.3. The number of hydrogen-bond acceptors (Lipinski definition) is 5. The van der Waals surface area contributed by atoms with Gasteiger partial charge in [0, 0.05) is 24.1 Å². The maximum absolute atomic E-state index is 15.2. The minimum Gasteiger partial charge on any atom is -0.478 e. The Balaban J connectivity index is 1.51. The van der Waals surface area contributed by atoms with Gasteiger partial charge in [0.25, 0.3) is 5.91 Å². The van der Waals surface area contributed by atoms with Gasteiger partial charge in [0.05, 0.1) is 18.1 Å². The molecular formula is C28H35FN2O5. The number of benzene rings is 1. The average Bonchev–Trinajstić information content (AvgIpc) is 3.62. The minimum atomic E-state index is -1.08. The van der Waals surface area contributed by atoms with Gasteiger partial charge in [-0.25, -0.2) is 14.2 Å². The first-order chi connectivity index (χ1) is 17.5. The monoisotopic (exact) mass is 498 g/mol. The van der Waals surface area contributed by atoms with Crippen molar-refractivity contribution in [3.8, 4) is 0 Å². The summed E-state index contributed by atoms with van der Waals surface area (Å²) in [5, 5.41) is 11.9. The molecular weight excluding hydrogens is 463 g/mol. The van der Waals surface area contributed by atoms with Gasteiger partial charge in [0.2, 0.25) is 5.89 Å². The number of amides is 1. The lowest BCUT2D eigenvalue weighted by atomic mass is 9.76. The Labute approximate surface area is 211 Å². The number of carbonyl (C=O) groups excluding carboxylic acids is 1. The largest absolute Gasteiger partial charge is 0.478 e. The number of carboxylic acids is 1. The van der Waals surface area contributed by atoms with E-state index in [9.17, 15) is 9.59 Å². The fourth-order valence-corrected chi connectivity index (χ4v) is 5.38. The van der Waals surface area contributed by atoms with E-state index in [4.69, 9.17) is 14.3 Å². The Morgan fingerprint density at radius 1 is 1.22 bits per heavy atom. The van der Waals surface area contributed by atoms with Gasteiger partial charge in [-0.15, -0.1) is 0 Å². The number of aromatic nitrogens is 1. The van der Waals surface area contributed by atoms with E-state index in [-0.39, 0.29) is 35.6 Å². The van der Waals surface area contributed by atoms with Crippen LogP contribution < -0.4 is 5.32 Å². The molecule has 0 aliphatic carbocycles. The zero-order chi connectivity index (χ0) is 25.5. The molecule has 4 rings (SSSR count). The van der Waals surface area contributed by atoms with Crippen molar-refractivity contribution in [1.82, 2.24) is 10.3 Å². The molecule has 2 bridgehead atoms. The van der Waals surface area contributed by atoms with Crippen LogP contribution in [0.25, 0.3) is 6.08 Å². The van der Waals surface area contributed by atoms with E-state index < -0.39 is 17.7 Å². The molecule has 2 N–H and O–H groups in total. The highest BCUT2D eigenvalue weighted by molar-refractivity contribution is 5.91. The number of ether oxygens (including phenoxy) is 1. The van der Waals surface area contributed by atoms with Crippen LogP contribution in [0.4, 0.5) is 4.39 Å². The van der Waals surface area contributed by atoms with Gasteiger partial charge in [-0.3, -0.25) is 4.79 Å². The molecule has 8 heteroatoms. The number of aliphatic carboxylic acids is 1. The Morgan fingerprint density at radius 2 is 2.03 bits per heavy atom. The summed E-state index contributed by atoms with van der Waals surface area (Å²) < 4.78 is 27.0. The second-order valence-electron chi connectivity index (χ2n) is 9.80. The van der Waals surface area contributed by atoms with Gasteiger partial charge >= 0.3 is 5.97 Å². The number of carboxylic acid groups (broad SMARTS) is 1. The van der Waals surface area contributed by atoms with Crippen molar-refractivity contribution in [3.63, 3.8) is 0 Å². The lowest BCUT2D eigenvalue weighted by molar-refractivity contribution is -0.131. The van der Waals surface area contributed by atoms with Crippen LogP contribution in [-0.4, -0.2) is 40.7 Å². The van der Waals surface area contributed by atoms with Gasteiger partial charge in [-0.1, -0.05) is 45.1 Å². The van der Waals surface area contributed by atoms with E-state index in [0.29, 0.717) is 17.7 Å². The molecule has 2 aliphatic rings. The predicted octanol–water partition coefficient (Wildman–Crippen LogP) is 5.70. The summed E-state index contributed by atoms with van der Waals surface area (Å²) in [4.78, 5) is 28.1. The van der Waals surface area contributed by atoms with Gasteiger partial charge < -0.3 is 19.6 Å². The van der Waals surface area contributed by atoms with Crippen molar-refractivity contribution < 1.29 is 28.2 Å². The summed E-state index contributed by atoms with van der Waals surface area (Å²) in [5.41, 5.74) is 1.10. The Hall–Kier alpha value is -3.00. The zero-order valence-corrected chi connectivity index (χ0v) is 20.7. The fraction of sp³-hybridized carbons (Fsp3) is 0.536. The van der Waals surface area contributed by atoms with E-state index in [1.54, 1.807) is 6.07 Å². The Bertz CT molecular complexity index is 1080. The summed E-state index contributed by atoms with van der Waals surface area (Å²) in [6, 6.07) is 4.49. The lowest BCUT2D eigenvalue weighted by Gasteiger charge is -2.27. The van der Waals surface area contributed by atoms with Crippen molar-refractivity contribution in [3.05, 3.63) is 59.1 Å². The van der Waals surface area contributed by atoms with E-state index in [2.05, 4.69) is 17.2 Å². The average molecular weight is 499 g/mol.